The number of hydrogen-bond donors (Lipinski definition) is 2. The molecule has 0 unspecified atom stereocenters. The van der Waals surface area contributed by atoms with Crippen LogP contribution in [0.5, 0.6) is 0 Å². The van der Waals surface area contributed by atoms with E-state index in [0.717, 1.165) is 18.2 Å². The molecule has 0 saturated carbocycles. The number of halogens is 1. The fourth-order valence-corrected chi connectivity index (χ4v) is 3.19. The van der Waals surface area contributed by atoms with E-state index in [1.54, 1.807) is 0 Å². The summed E-state index contributed by atoms with van der Waals surface area (Å²) >= 11 is 0. The molecule has 1 heterocycles. The molecule has 10 heteroatoms. The maximum atomic E-state index is 12.9. The lowest BCUT2D eigenvalue weighted by atomic mass is 10.4. The van der Waals surface area contributed by atoms with Gasteiger partial charge in [0.1, 0.15) is 5.69 Å². The lowest BCUT2D eigenvalue weighted by Gasteiger charge is -2.07. The van der Waals surface area contributed by atoms with E-state index in [-0.39, 0.29) is 5.69 Å². The van der Waals surface area contributed by atoms with Crippen molar-refractivity contribution in [2.24, 2.45) is 0 Å². The predicted octanol–water partition coefficient (Wildman–Crippen LogP) is 0.834. The first-order chi connectivity index (χ1) is 9.70. The number of pyridine rings is 1. The zero-order valence-corrected chi connectivity index (χ0v) is 11.9. The molecule has 21 heavy (non-hydrogen) atoms. The first-order valence-electron chi connectivity index (χ1n) is 5.45. The summed E-state index contributed by atoms with van der Waals surface area (Å²) in [5, 5.41) is 0. The molecular formula is C11H9FN2O5S2. The summed E-state index contributed by atoms with van der Waals surface area (Å²) in [6.45, 7) is 0. The van der Waals surface area contributed by atoms with E-state index < -0.39 is 35.6 Å². The van der Waals surface area contributed by atoms with Crippen molar-refractivity contribution in [1.29, 1.82) is 0 Å². The number of aromatic nitrogens is 1. The van der Waals surface area contributed by atoms with Gasteiger partial charge in [-0.05, 0) is 30.3 Å². The SMILES string of the molecule is O=c1[nH]cccc1NS(=O)(=O)c1cccc(S(=O)(=O)F)c1. The van der Waals surface area contributed by atoms with Crippen molar-refractivity contribution in [2.45, 2.75) is 9.79 Å². The van der Waals surface area contributed by atoms with E-state index in [1.165, 1.54) is 18.3 Å². The summed E-state index contributed by atoms with van der Waals surface area (Å²) < 4.78 is 60.6. The highest BCUT2D eigenvalue weighted by molar-refractivity contribution is 7.92. The van der Waals surface area contributed by atoms with E-state index >= 15 is 0 Å². The quantitative estimate of drug-likeness (QED) is 0.805. The molecule has 2 aromatic rings. The van der Waals surface area contributed by atoms with Gasteiger partial charge in [-0.2, -0.15) is 8.42 Å². The van der Waals surface area contributed by atoms with Crippen molar-refractivity contribution in [3.05, 3.63) is 52.9 Å². The topological polar surface area (TPSA) is 113 Å². The van der Waals surface area contributed by atoms with Gasteiger partial charge >= 0.3 is 10.2 Å². The highest BCUT2D eigenvalue weighted by atomic mass is 32.3. The molecule has 0 spiro atoms. The summed E-state index contributed by atoms with van der Waals surface area (Å²) in [6, 6.07) is 6.37. The van der Waals surface area contributed by atoms with Crippen LogP contribution in [0, 0.1) is 0 Å². The third kappa shape index (κ3) is 3.47. The number of benzene rings is 1. The van der Waals surface area contributed by atoms with Gasteiger partial charge in [0.15, 0.2) is 0 Å². The molecule has 0 aliphatic carbocycles. The van der Waals surface area contributed by atoms with Crippen molar-refractivity contribution in [3.8, 4) is 0 Å². The first kappa shape index (κ1) is 15.2. The van der Waals surface area contributed by atoms with Gasteiger partial charge < -0.3 is 4.98 Å². The van der Waals surface area contributed by atoms with Crippen LogP contribution in [0.1, 0.15) is 0 Å². The molecule has 0 aliphatic rings. The molecule has 7 nitrogen and oxygen atoms in total. The minimum atomic E-state index is -5.03. The van der Waals surface area contributed by atoms with Crippen molar-refractivity contribution in [3.63, 3.8) is 0 Å². The van der Waals surface area contributed by atoms with E-state index in [4.69, 9.17) is 0 Å². The molecule has 0 radical (unpaired) electrons. The van der Waals surface area contributed by atoms with Crippen molar-refractivity contribution >= 4 is 25.9 Å². The van der Waals surface area contributed by atoms with Crippen LogP contribution < -0.4 is 10.3 Å². The smallest absolute Gasteiger partial charge is 0.327 e. The Morgan fingerprint density at radius 3 is 2.29 bits per heavy atom. The van der Waals surface area contributed by atoms with Crippen LogP contribution in [0.15, 0.2) is 57.2 Å². The number of hydrogen-bond acceptors (Lipinski definition) is 5. The predicted molar refractivity (Wildman–Crippen MR) is 72.6 cm³/mol. The molecule has 1 aromatic heterocycles. The zero-order chi connectivity index (χ0) is 15.7. The maximum Gasteiger partial charge on any atom is 0.332 e. The summed E-state index contributed by atoms with van der Waals surface area (Å²) in [5.41, 5.74) is -0.915. The Kier molecular flexibility index (Phi) is 3.83. The van der Waals surface area contributed by atoms with Crippen molar-refractivity contribution in [2.75, 3.05) is 4.72 Å². The Hall–Kier alpha value is -2.20. The van der Waals surface area contributed by atoms with Gasteiger partial charge in [-0.25, -0.2) is 8.42 Å². The Morgan fingerprint density at radius 2 is 1.67 bits per heavy atom. The molecule has 112 valence electrons. The molecule has 0 amide bonds. The van der Waals surface area contributed by atoms with Crippen LogP contribution in [0.4, 0.5) is 9.57 Å². The number of anilines is 1. The van der Waals surface area contributed by atoms with Gasteiger partial charge in [0, 0.05) is 6.20 Å². The van der Waals surface area contributed by atoms with Crippen LogP contribution in [0.2, 0.25) is 0 Å². The Bertz CT molecular complexity index is 935. The van der Waals surface area contributed by atoms with Gasteiger partial charge in [-0.15, -0.1) is 3.89 Å². The summed E-state index contributed by atoms with van der Waals surface area (Å²) in [5.74, 6) is 0. The van der Waals surface area contributed by atoms with Crippen LogP contribution in [-0.2, 0) is 20.2 Å². The normalized spacial score (nSPS) is 12.0. The number of aromatic amines is 1. The van der Waals surface area contributed by atoms with Crippen LogP contribution in [-0.4, -0.2) is 21.8 Å². The molecule has 2 rings (SSSR count). The number of nitrogens with one attached hydrogen (secondary N) is 2. The average molecular weight is 332 g/mol. The largest absolute Gasteiger partial charge is 0.332 e. The van der Waals surface area contributed by atoms with E-state index in [1.807, 2.05) is 4.72 Å². The summed E-state index contributed by atoms with van der Waals surface area (Å²) in [6.07, 6.45) is 1.32. The van der Waals surface area contributed by atoms with Crippen LogP contribution in [0.3, 0.4) is 0 Å². The zero-order valence-electron chi connectivity index (χ0n) is 10.3. The summed E-state index contributed by atoms with van der Waals surface area (Å²) in [4.78, 5) is 12.4. The lowest BCUT2D eigenvalue weighted by molar-refractivity contribution is 0.552. The maximum absolute atomic E-state index is 12.9. The van der Waals surface area contributed by atoms with Crippen LogP contribution >= 0.6 is 0 Å². The molecule has 1 aromatic carbocycles. The molecule has 2 N–H and O–H groups in total. The highest BCUT2D eigenvalue weighted by Crippen LogP contribution is 2.19. The minimum absolute atomic E-state index is 0.244. The Labute approximate surface area is 119 Å². The highest BCUT2D eigenvalue weighted by Gasteiger charge is 2.19. The van der Waals surface area contributed by atoms with Gasteiger partial charge in [0.25, 0.3) is 15.6 Å². The molecule has 0 fully saturated rings. The number of rotatable bonds is 4. The molecular weight excluding hydrogens is 323 g/mol. The first-order valence-corrected chi connectivity index (χ1v) is 8.32. The molecule has 0 atom stereocenters. The third-order valence-electron chi connectivity index (χ3n) is 2.46. The Morgan fingerprint density at radius 1 is 1.00 bits per heavy atom. The Balaban J connectivity index is 2.46. The van der Waals surface area contributed by atoms with Crippen molar-refractivity contribution in [1.82, 2.24) is 4.98 Å². The third-order valence-corrected chi connectivity index (χ3v) is 4.64. The van der Waals surface area contributed by atoms with Gasteiger partial charge in [-0.3, -0.25) is 9.52 Å². The standard InChI is InChI=1S/C11H9FN2O5S2/c12-20(16,17)8-3-1-4-9(7-8)21(18,19)14-10-5-2-6-13-11(10)15/h1-7,14H,(H,13,15). The number of sulfonamides is 1. The molecule has 0 saturated heterocycles. The summed E-state index contributed by atoms with van der Waals surface area (Å²) in [7, 11) is -9.25. The van der Waals surface area contributed by atoms with E-state index in [0.29, 0.717) is 6.07 Å². The van der Waals surface area contributed by atoms with Crippen LogP contribution in [0.25, 0.3) is 0 Å². The molecule has 0 aliphatic heterocycles. The monoisotopic (exact) mass is 332 g/mol. The van der Waals surface area contributed by atoms with Crippen molar-refractivity contribution < 1.29 is 20.7 Å². The van der Waals surface area contributed by atoms with Gasteiger partial charge in [-0.1, -0.05) is 6.07 Å². The lowest BCUT2D eigenvalue weighted by Crippen LogP contribution is -2.19. The second kappa shape index (κ2) is 5.30. The molecule has 0 bridgehead atoms. The second-order valence-corrected chi connectivity index (χ2v) is 6.96. The van der Waals surface area contributed by atoms with Gasteiger partial charge in [0.05, 0.1) is 9.79 Å². The van der Waals surface area contributed by atoms with E-state index in [9.17, 15) is 25.5 Å². The second-order valence-electron chi connectivity index (χ2n) is 3.93. The fraction of sp³-hybridized carbons (Fsp3) is 0. The minimum Gasteiger partial charge on any atom is -0.327 e. The number of H-pyrrole nitrogens is 1. The van der Waals surface area contributed by atoms with Gasteiger partial charge in [0.2, 0.25) is 0 Å². The average Bonchev–Trinajstić information content (AvgIpc) is 2.40. The van der Waals surface area contributed by atoms with E-state index in [2.05, 4.69) is 4.98 Å². The fourth-order valence-electron chi connectivity index (χ4n) is 1.50.